The molecule has 1 heterocycles. The molecule has 0 aliphatic carbocycles. The van der Waals surface area contributed by atoms with Gasteiger partial charge in [-0.1, -0.05) is 59.7 Å². The highest BCUT2D eigenvalue weighted by molar-refractivity contribution is 5.67. The standard InChI is InChI=1S/C22H36N/c1-9-22(10-2)14-21(7,8)23(15-22)20-18(16(3)4)12-11-13-19(20)17(5)6/h11-13,15-17H,9-10,14H2,1-8H3/q+1. The molecule has 1 aromatic rings. The van der Waals surface area contributed by atoms with Crippen LogP contribution in [-0.2, 0) is 0 Å². The maximum atomic E-state index is 2.63. The molecule has 23 heavy (non-hydrogen) atoms. The van der Waals surface area contributed by atoms with Crippen LogP contribution in [0.5, 0.6) is 0 Å². The van der Waals surface area contributed by atoms with Crippen LogP contribution in [0.4, 0.5) is 5.69 Å². The second kappa shape index (κ2) is 6.42. The monoisotopic (exact) mass is 314 g/mol. The van der Waals surface area contributed by atoms with Gasteiger partial charge in [0.05, 0.1) is 5.41 Å². The summed E-state index contributed by atoms with van der Waals surface area (Å²) in [6, 6.07) is 6.89. The molecule has 0 saturated carbocycles. The molecule has 0 radical (unpaired) electrons. The van der Waals surface area contributed by atoms with Crippen LogP contribution in [0.2, 0.25) is 0 Å². The number of rotatable bonds is 5. The Labute approximate surface area is 143 Å². The van der Waals surface area contributed by atoms with E-state index in [1.54, 1.807) is 0 Å². The Hall–Kier alpha value is -1.11. The lowest BCUT2D eigenvalue weighted by molar-refractivity contribution is -0.513. The van der Waals surface area contributed by atoms with Crippen molar-refractivity contribution in [3.63, 3.8) is 0 Å². The minimum Gasteiger partial charge on any atom is -0.197 e. The Morgan fingerprint density at radius 3 is 1.78 bits per heavy atom. The zero-order chi connectivity index (χ0) is 17.4. The fourth-order valence-electron chi connectivity index (χ4n) is 4.28. The minimum absolute atomic E-state index is 0.181. The summed E-state index contributed by atoms with van der Waals surface area (Å²) in [6.45, 7) is 18.8. The summed E-state index contributed by atoms with van der Waals surface area (Å²) in [5, 5.41) is 0. The minimum atomic E-state index is 0.181. The van der Waals surface area contributed by atoms with E-state index in [2.05, 4.69) is 84.4 Å². The number of hydrogen-bond donors (Lipinski definition) is 0. The predicted octanol–water partition coefficient (Wildman–Crippen LogP) is 6.64. The molecule has 1 aliphatic rings. The molecule has 2 rings (SSSR count). The number of para-hydroxylation sites is 1. The highest BCUT2D eigenvalue weighted by Gasteiger charge is 2.50. The second-order valence-electron chi connectivity index (χ2n) is 8.65. The molecule has 1 nitrogen and oxygen atoms in total. The van der Waals surface area contributed by atoms with Crippen LogP contribution in [0, 0.1) is 5.41 Å². The summed E-state index contributed by atoms with van der Waals surface area (Å²) in [7, 11) is 0. The first kappa shape index (κ1) is 18.2. The lowest BCUT2D eigenvalue weighted by atomic mass is 9.77. The van der Waals surface area contributed by atoms with E-state index in [4.69, 9.17) is 0 Å². The maximum absolute atomic E-state index is 2.63. The Bertz CT molecular complexity index is 560. The fraction of sp³-hybridized carbons (Fsp3) is 0.682. The van der Waals surface area contributed by atoms with Gasteiger partial charge in [0.1, 0.15) is 0 Å². The van der Waals surface area contributed by atoms with Gasteiger partial charge in [0, 0.05) is 31.4 Å². The summed E-state index contributed by atoms with van der Waals surface area (Å²) in [5.74, 6) is 1.09. The van der Waals surface area contributed by atoms with E-state index in [0.717, 1.165) is 0 Å². The van der Waals surface area contributed by atoms with Crippen molar-refractivity contribution in [2.24, 2.45) is 5.41 Å². The van der Waals surface area contributed by atoms with Gasteiger partial charge in [-0.3, -0.25) is 0 Å². The highest BCUT2D eigenvalue weighted by Crippen LogP contribution is 2.46. The Morgan fingerprint density at radius 2 is 1.43 bits per heavy atom. The molecule has 0 unspecified atom stereocenters. The number of nitrogens with zero attached hydrogens (tertiary/aromatic N) is 1. The smallest absolute Gasteiger partial charge is 0.197 e. The first-order chi connectivity index (χ1) is 10.7. The van der Waals surface area contributed by atoms with E-state index in [9.17, 15) is 0 Å². The third-order valence-electron chi connectivity index (χ3n) is 5.83. The van der Waals surface area contributed by atoms with Crippen LogP contribution in [-0.4, -0.2) is 16.3 Å². The van der Waals surface area contributed by atoms with Crippen LogP contribution >= 0.6 is 0 Å². The molecule has 0 saturated heterocycles. The second-order valence-corrected chi connectivity index (χ2v) is 8.65. The molecule has 0 aromatic heterocycles. The first-order valence-electron chi connectivity index (χ1n) is 9.45. The lowest BCUT2D eigenvalue weighted by Crippen LogP contribution is -2.31. The molecule has 1 aromatic carbocycles. The van der Waals surface area contributed by atoms with Crippen molar-refractivity contribution in [1.29, 1.82) is 0 Å². The molecular formula is C22H36N+. The summed E-state index contributed by atoms with van der Waals surface area (Å²) < 4.78 is 2.63. The van der Waals surface area contributed by atoms with Gasteiger partial charge in [0.2, 0.25) is 5.69 Å². The lowest BCUT2D eigenvalue weighted by Gasteiger charge is -2.24. The van der Waals surface area contributed by atoms with Crippen molar-refractivity contribution < 1.29 is 4.58 Å². The normalized spacial score (nSPS) is 19.5. The van der Waals surface area contributed by atoms with Crippen molar-refractivity contribution in [3.05, 3.63) is 29.3 Å². The Balaban J connectivity index is 2.73. The van der Waals surface area contributed by atoms with Crippen LogP contribution in [0.15, 0.2) is 18.2 Å². The summed E-state index contributed by atoms with van der Waals surface area (Å²) >= 11 is 0. The van der Waals surface area contributed by atoms with Gasteiger partial charge in [-0.15, -0.1) is 0 Å². The molecular weight excluding hydrogens is 278 g/mol. The number of benzene rings is 1. The van der Waals surface area contributed by atoms with E-state index in [1.165, 1.54) is 36.1 Å². The van der Waals surface area contributed by atoms with Crippen LogP contribution < -0.4 is 0 Å². The third-order valence-corrected chi connectivity index (χ3v) is 5.83. The van der Waals surface area contributed by atoms with Crippen molar-refractivity contribution in [1.82, 2.24) is 0 Å². The highest BCUT2D eigenvalue weighted by atomic mass is 15.1. The van der Waals surface area contributed by atoms with Gasteiger partial charge in [-0.05, 0) is 24.7 Å². The van der Waals surface area contributed by atoms with Gasteiger partial charge in [0.25, 0.3) is 0 Å². The average Bonchev–Trinajstić information content (AvgIpc) is 2.78. The summed E-state index contributed by atoms with van der Waals surface area (Å²) in [5.41, 5.74) is 4.99. The SMILES string of the molecule is CCC1(CC)C=[N+](c2c(C(C)C)cccc2C(C)C)C(C)(C)C1. The molecule has 0 fully saturated rings. The molecule has 0 spiro atoms. The third kappa shape index (κ3) is 3.25. The average molecular weight is 315 g/mol. The molecule has 1 heteroatoms. The Kier molecular flexibility index (Phi) is 5.09. The van der Waals surface area contributed by atoms with Crippen molar-refractivity contribution >= 4 is 11.9 Å². The molecule has 1 aliphatic heterocycles. The molecule has 0 atom stereocenters. The van der Waals surface area contributed by atoms with Crippen LogP contribution in [0.3, 0.4) is 0 Å². The maximum Gasteiger partial charge on any atom is 0.212 e. The molecule has 0 N–H and O–H groups in total. The van der Waals surface area contributed by atoms with Crippen molar-refractivity contribution in [3.8, 4) is 0 Å². The predicted molar refractivity (Wildman–Crippen MR) is 102 cm³/mol. The summed E-state index contributed by atoms with van der Waals surface area (Å²) in [4.78, 5) is 0. The fourth-order valence-corrected chi connectivity index (χ4v) is 4.28. The van der Waals surface area contributed by atoms with Crippen molar-refractivity contribution in [2.45, 2.75) is 92.0 Å². The van der Waals surface area contributed by atoms with Gasteiger partial charge >= 0.3 is 0 Å². The van der Waals surface area contributed by atoms with E-state index < -0.39 is 0 Å². The molecule has 0 amide bonds. The summed E-state index contributed by atoms with van der Waals surface area (Å²) in [6.07, 6.45) is 6.27. The van der Waals surface area contributed by atoms with Crippen LogP contribution in [0.1, 0.15) is 97.6 Å². The topological polar surface area (TPSA) is 3.01 Å². The van der Waals surface area contributed by atoms with Gasteiger partial charge < -0.3 is 0 Å². The first-order valence-corrected chi connectivity index (χ1v) is 9.45. The molecule has 0 bridgehead atoms. The van der Waals surface area contributed by atoms with Gasteiger partial charge in [0.15, 0.2) is 11.8 Å². The number of hydrogen-bond acceptors (Lipinski definition) is 0. The van der Waals surface area contributed by atoms with Gasteiger partial charge in [-0.25, -0.2) is 0 Å². The zero-order valence-corrected chi connectivity index (χ0v) is 16.5. The molecule has 128 valence electrons. The van der Waals surface area contributed by atoms with E-state index in [0.29, 0.717) is 17.3 Å². The van der Waals surface area contributed by atoms with Gasteiger partial charge in [-0.2, -0.15) is 4.58 Å². The van der Waals surface area contributed by atoms with E-state index in [1.807, 2.05) is 0 Å². The van der Waals surface area contributed by atoms with E-state index >= 15 is 0 Å². The van der Waals surface area contributed by atoms with Crippen molar-refractivity contribution in [2.75, 3.05) is 0 Å². The Morgan fingerprint density at radius 1 is 0.957 bits per heavy atom. The van der Waals surface area contributed by atoms with E-state index in [-0.39, 0.29) is 5.54 Å². The largest absolute Gasteiger partial charge is 0.212 e. The quantitative estimate of drug-likeness (QED) is 0.536. The van der Waals surface area contributed by atoms with Crippen LogP contribution in [0.25, 0.3) is 0 Å². The zero-order valence-electron chi connectivity index (χ0n) is 16.5.